The molecule has 4 rings (SSSR count). The summed E-state index contributed by atoms with van der Waals surface area (Å²) in [7, 11) is 2.09. The first-order valence-electron chi connectivity index (χ1n) is 9.35. The first-order chi connectivity index (χ1) is 13.7. The number of likely N-dealkylation sites (N-methyl/N-ethyl adjacent to an activating group) is 1. The summed E-state index contributed by atoms with van der Waals surface area (Å²) in [5.74, 6) is -0.225. The lowest BCUT2D eigenvalue weighted by molar-refractivity contribution is 0.0929. The molecule has 1 N–H and O–H groups in total. The molecule has 1 aliphatic heterocycles. The third-order valence-electron chi connectivity index (χ3n) is 5.32. The van der Waals surface area contributed by atoms with E-state index in [-0.39, 0.29) is 11.3 Å². The molecule has 1 aromatic heterocycles. The number of anilines is 1. The van der Waals surface area contributed by atoms with E-state index in [4.69, 9.17) is 16.0 Å². The number of furan rings is 1. The highest BCUT2D eigenvalue weighted by molar-refractivity contribution is 6.31. The number of halogens is 1. The fraction of sp³-hybridized carbons (Fsp3) is 0.217. The Hall–Kier alpha value is -3.05. The van der Waals surface area contributed by atoms with Gasteiger partial charge in [-0.3, -0.25) is 4.79 Å². The number of carbonyl (C=O) groups is 1. The zero-order valence-electron chi connectivity index (χ0n) is 16.8. The minimum absolute atomic E-state index is 0.0303. The molecule has 6 heteroatoms. The van der Waals surface area contributed by atoms with Gasteiger partial charge >= 0.3 is 5.91 Å². The van der Waals surface area contributed by atoms with Crippen molar-refractivity contribution in [2.45, 2.75) is 26.3 Å². The Morgan fingerprint density at radius 1 is 1.21 bits per heavy atom. The average molecular weight is 408 g/mol. The van der Waals surface area contributed by atoms with Crippen LogP contribution in [0.5, 0.6) is 0 Å². The summed E-state index contributed by atoms with van der Waals surface area (Å²) in [5.41, 5.74) is 7.56. The maximum atomic E-state index is 12.3. The molecule has 0 atom stereocenters. The van der Waals surface area contributed by atoms with Crippen molar-refractivity contribution >= 4 is 46.0 Å². The molecule has 0 saturated carbocycles. The zero-order chi connectivity index (χ0) is 20.8. The van der Waals surface area contributed by atoms with E-state index in [1.165, 1.54) is 11.3 Å². The van der Waals surface area contributed by atoms with Crippen LogP contribution in [-0.2, 0) is 0 Å². The second-order valence-electron chi connectivity index (χ2n) is 7.81. The van der Waals surface area contributed by atoms with E-state index in [0.717, 1.165) is 16.5 Å². The molecule has 0 fully saturated rings. The number of hydrogen-bond donors (Lipinski definition) is 1. The fourth-order valence-corrected chi connectivity index (χ4v) is 3.78. The zero-order valence-corrected chi connectivity index (χ0v) is 17.5. The van der Waals surface area contributed by atoms with Gasteiger partial charge in [0.15, 0.2) is 5.76 Å². The molecule has 2 heterocycles. The lowest BCUT2D eigenvalue weighted by Crippen LogP contribution is -2.42. The van der Waals surface area contributed by atoms with Gasteiger partial charge in [0.1, 0.15) is 5.58 Å². The Morgan fingerprint density at radius 2 is 2.00 bits per heavy atom. The summed E-state index contributed by atoms with van der Waals surface area (Å²) in [5, 5.41) is 5.45. The van der Waals surface area contributed by atoms with Gasteiger partial charge in [-0.05, 0) is 68.3 Å². The highest BCUT2D eigenvalue weighted by Gasteiger charge is 2.28. The van der Waals surface area contributed by atoms with Crippen LogP contribution in [0.25, 0.3) is 16.5 Å². The average Bonchev–Trinajstić information content (AvgIpc) is 3.09. The van der Waals surface area contributed by atoms with Gasteiger partial charge < -0.3 is 9.32 Å². The molecule has 0 saturated heterocycles. The second kappa shape index (κ2) is 7.08. The van der Waals surface area contributed by atoms with Crippen molar-refractivity contribution in [1.82, 2.24) is 5.43 Å². The van der Waals surface area contributed by atoms with Gasteiger partial charge in [-0.2, -0.15) is 5.10 Å². The van der Waals surface area contributed by atoms with E-state index >= 15 is 0 Å². The second-order valence-corrected chi connectivity index (χ2v) is 8.24. The predicted octanol–water partition coefficient (Wildman–Crippen LogP) is 5.48. The van der Waals surface area contributed by atoms with Crippen LogP contribution in [0.4, 0.5) is 5.69 Å². The highest BCUT2D eigenvalue weighted by Crippen LogP contribution is 2.37. The minimum atomic E-state index is -0.413. The smallest absolute Gasteiger partial charge is 0.307 e. The Bertz CT molecular complexity index is 1170. The number of benzene rings is 2. The molecule has 0 aliphatic carbocycles. The van der Waals surface area contributed by atoms with Crippen LogP contribution in [0.1, 0.15) is 42.5 Å². The molecule has 0 unspecified atom stereocenters. The van der Waals surface area contributed by atoms with Crippen molar-refractivity contribution in [3.8, 4) is 0 Å². The van der Waals surface area contributed by atoms with E-state index in [1.54, 1.807) is 30.5 Å². The minimum Gasteiger partial charge on any atom is -0.451 e. The number of hydrogen-bond acceptors (Lipinski definition) is 4. The van der Waals surface area contributed by atoms with Gasteiger partial charge in [0.05, 0.1) is 11.8 Å². The molecule has 3 aromatic rings. The quantitative estimate of drug-likeness (QED) is 0.462. The normalized spacial score (nSPS) is 15.5. The lowest BCUT2D eigenvalue weighted by atomic mass is 9.89. The fourth-order valence-electron chi connectivity index (χ4n) is 3.60. The summed E-state index contributed by atoms with van der Waals surface area (Å²) in [6.45, 7) is 6.50. The first kappa shape index (κ1) is 19.3. The van der Waals surface area contributed by atoms with Crippen LogP contribution in [-0.4, -0.2) is 24.7 Å². The third kappa shape index (κ3) is 3.66. The third-order valence-corrected chi connectivity index (χ3v) is 5.56. The molecular weight excluding hydrogens is 386 g/mol. The highest BCUT2D eigenvalue weighted by atomic mass is 35.5. The molecule has 29 heavy (non-hydrogen) atoms. The van der Waals surface area contributed by atoms with Crippen molar-refractivity contribution in [2.75, 3.05) is 11.9 Å². The van der Waals surface area contributed by atoms with Gasteiger partial charge in [-0.1, -0.05) is 23.7 Å². The molecule has 2 aromatic carbocycles. The number of hydrazone groups is 1. The monoisotopic (exact) mass is 407 g/mol. The largest absolute Gasteiger partial charge is 0.451 e. The SMILES string of the molecule is CC1=CC(C)(C)N(C)c2ccc(/C=N\NC(=O)c3cc4cc(Cl)ccc4o3)cc21. The standard InChI is InChI=1S/C23H22ClN3O2/c1-14-12-23(2,3)27(4)19-7-5-15(9-18(14)19)13-25-26-22(28)21-11-16-10-17(24)6-8-20(16)29-21/h5-13H,1-4H3,(H,26,28)/b25-13-. The van der Waals surface area contributed by atoms with Crippen molar-refractivity contribution < 1.29 is 9.21 Å². The molecule has 5 nitrogen and oxygen atoms in total. The summed E-state index contributed by atoms with van der Waals surface area (Å²) in [4.78, 5) is 14.6. The molecule has 0 spiro atoms. The number of fused-ring (bicyclic) bond motifs is 2. The van der Waals surface area contributed by atoms with E-state index in [9.17, 15) is 4.79 Å². The number of carbonyl (C=O) groups excluding carboxylic acids is 1. The predicted molar refractivity (Wildman–Crippen MR) is 119 cm³/mol. The van der Waals surface area contributed by atoms with Crippen LogP contribution in [0, 0.1) is 0 Å². The Labute approximate surface area is 174 Å². The molecule has 1 amide bonds. The summed E-state index contributed by atoms with van der Waals surface area (Å²) in [6, 6.07) is 13.0. The van der Waals surface area contributed by atoms with E-state index in [1.807, 2.05) is 6.07 Å². The number of rotatable bonds is 3. The van der Waals surface area contributed by atoms with Crippen LogP contribution in [0.2, 0.25) is 5.02 Å². The van der Waals surface area contributed by atoms with Crippen molar-refractivity contribution in [3.05, 3.63) is 70.5 Å². The molecule has 0 bridgehead atoms. The Kier molecular flexibility index (Phi) is 4.71. The molecule has 148 valence electrons. The molecule has 0 radical (unpaired) electrons. The van der Waals surface area contributed by atoms with Crippen molar-refractivity contribution in [3.63, 3.8) is 0 Å². The Morgan fingerprint density at radius 3 is 2.79 bits per heavy atom. The van der Waals surface area contributed by atoms with Crippen molar-refractivity contribution in [2.24, 2.45) is 5.10 Å². The van der Waals surface area contributed by atoms with Crippen molar-refractivity contribution in [1.29, 1.82) is 0 Å². The van der Waals surface area contributed by atoms with E-state index in [2.05, 4.69) is 61.5 Å². The van der Waals surface area contributed by atoms with Gasteiger partial charge in [0, 0.05) is 28.7 Å². The van der Waals surface area contributed by atoms with Gasteiger partial charge in [0.25, 0.3) is 0 Å². The van der Waals surface area contributed by atoms with Gasteiger partial charge in [-0.25, -0.2) is 5.43 Å². The first-order valence-corrected chi connectivity index (χ1v) is 9.72. The van der Waals surface area contributed by atoms with Gasteiger partial charge in [0.2, 0.25) is 0 Å². The lowest BCUT2D eigenvalue weighted by Gasteiger charge is -2.40. The number of allylic oxidation sites excluding steroid dienone is 1. The summed E-state index contributed by atoms with van der Waals surface area (Å²) < 4.78 is 5.55. The summed E-state index contributed by atoms with van der Waals surface area (Å²) >= 11 is 5.97. The molecular formula is C23H22ClN3O2. The van der Waals surface area contributed by atoms with Crippen LogP contribution in [0.3, 0.4) is 0 Å². The Balaban J connectivity index is 1.51. The summed E-state index contributed by atoms with van der Waals surface area (Å²) in [6.07, 6.45) is 3.89. The van der Waals surface area contributed by atoms with E-state index < -0.39 is 5.91 Å². The maximum absolute atomic E-state index is 12.3. The van der Waals surface area contributed by atoms with Crippen LogP contribution >= 0.6 is 11.6 Å². The topological polar surface area (TPSA) is 57.8 Å². The number of nitrogens with one attached hydrogen (secondary N) is 1. The number of nitrogens with zero attached hydrogens (tertiary/aromatic N) is 2. The van der Waals surface area contributed by atoms with Crippen LogP contribution in [0.15, 0.2) is 58.1 Å². The maximum Gasteiger partial charge on any atom is 0.307 e. The van der Waals surface area contributed by atoms with Gasteiger partial charge in [-0.15, -0.1) is 0 Å². The molecule has 1 aliphatic rings. The van der Waals surface area contributed by atoms with E-state index in [0.29, 0.717) is 10.6 Å². The van der Waals surface area contributed by atoms with Crippen LogP contribution < -0.4 is 10.3 Å². The number of amides is 1.